The van der Waals surface area contributed by atoms with Crippen molar-refractivity contribution in [3.8, 4) is 0 Å². The number of hydrogen-bond donors (Lipinski definition) is 1. The largest absolute Gasteiger partial charge is 0.444 e. The Kier molecular flexibility index (Phi) is 9.32. The van der Waals surface area contributed by atoms with Crippen molar-refractivity contribution in [1.82, 2.24) is 10.2 Å². The second-order valence-corrected chi connectivity index (χ2v) is 14.9. The molecule has 1 amide bonds. The highest BCUT2D eigenvalue weighted by Gasteiger charge is 2.66. The highest BCUT2D eigenvalue weighted by molar-refractivity contribution is 5.68. The zero-order chi connectivity index (χ0) is 26.4. The van der Waals surface area contributed by atoms with E-state index < -0.39 is 11.2 Å². The molecule has 3 fully saturated rings. The lowest BCUT2D eigenvalue weighted by molar-refractivity contribution is -0.281. The van der Waals surface area contributed by atoms with E-state index in [9.17, 15) is 4.79 Å². The molecule has 208 valence electrons. The smallest absolute Gasteiger partial charge is 0.410 e. The van der Waals surface area contributed by atoms with Crippen molar-refractivity contribution in [3.05, 3.63) is 0 Å². The second kappa shape index (κ2) is 10.1. The molecule has 35 heavy (non-hydrogen) atoms. The summed E-state index contributed by atoms with van der Waals surface area (Å²) in [5, 5.41) is 3.46. The molecule has 6 nitrogen and oxygen atoms in total. The maximum Gasteiger partial charge on any atom is 0.410 e. The molecule has 6 heteroatoms. The van der Waals surface area contributed by atoms with Crippen molar-refractivity contribution in [2.45, 2.75) is 121 Å². The molecule has 1 N–H and O–H groups in total. The van der Waals surface area contributed by atoms with Gasteiger partial charge in [-0.1, -0.05) is 76.7 Å². The first-order valence-electron chi connectivity index (χ1n) is 13.1. The topological polar surface area (TPSA) is 60.0 Å². The summed E-state index contributed by atoms with van der Waals surface area (Å²) in [7, 11) is 0. The lowest BCUT2D eigenvalue weighted by atomic mass is 9.44. The van der Waals surface area contributed by atoms with Gasteiger partial charge in [0.1, 0.15) is 5.60 Å². The van der Waals surface area contributed by atoms with Gasteiger partial charge < -0.3 is 24.4 Å². The minimum atomic E-state index is -0.471. The third-order valence-corrected chi connectivity index (χ3v) is 8.27. The summed E-state index contributed by atoms with van der Waals surface area (Å²) >= 11 is 0. The Morgan fingerprint density at radius 3 is 1.71 bits per heavy atom. The Morgan fingerprint density at radius 1 is 0.857 bits per heavy atom. The highest BCUT2D eigenvalue weighted by atomic mass is 16.6. The van der Waals surface area contributed by atoms with Crippen LogP contribution in [-0.2, 0) is 14.2 Å². The van der Waals surface area contributed by atoms with E-state index in [4.69, 9.17) is 14.2 Å². The first-order valence-corrected chi connectivity index (χ1v) is 13.1. The Bertz CT molecular complexity index is 686. The van der Waals surface area contributed by atoms with Gasteiger partial charge in [0.15, 0.2) is 0 Å². The molecule has 0 atom stereocenters. The van der Waals surface area contributed by atoms with Gasteiger partial charge in [0.2, 0.25) is 0 Å². The average Bonchev–Trinajstić information content (AvgIpc) is 2.65. The van der Waals surface area contributed by atoms with Crippen LogP contribution in [0.15, 0.2) is 0 Å². The van der Waals surface area contributed by atoms with Crippen LogP contribution in [0, 0.1) is 21.7 Å². The number of nitrogens with zero attached hydrogens (tertiary/aromatic N) is 1. The van der Waals surface area contributed by atoms with E-state index in [1.807, 2.05) is 20.8 Å². The van der Waals surface area contributed by atoms with Gasteiger partial charge in [-0.15, -0.1) is 0 Å². The zero-order valence-electron chi connectivity index (χ0n) is 24.5. The predicted octanol–water partition coefficient (Wildman–Crippen LogP) is 6.52. The number of nitrogens with one attached hydrogen (secondary N) is 1. The third kappa shape index (κ3) is 6.18. The maximum absolute atomic E-state index is 12.4. The molecule has 1 saturated carbocycles. The first kappa shape index (κ1) is 32.2. The van der Waals surface area contributed by atoms with E-state index in [0.717, 1.165) is 19.7 Å². The predicted molar refractivity (Wildman–Crippen MR) is 146 cm³/mol. The van der Waals surface area contributed by atoms with Crippen LogP contribution in [0.4, 0.5) is 4.79 Å². The number of morpholine rings is 2. The quantitative estimate of drug-likeness (QED) is 0.412. The maximum atomic E-state index is 12.4. The fraction of sp³-hybridized carbons (Fsp3) is 0.966. The molecule has 1 spiro atoms. The Balaban J connectivity index is 0.000000374. The van der Waals surface area contributed by atoms with Crippen LogP contribution < -0.4 is 5.32 Å². The van der Waals surface area contributed by atoms with Gasteiger partial charge >= 0.3 is 6.09 Å². The number of hydrogen-bond acceptors (Lipinski definition) is 5. The molecule has 0 bridgehead atoms. The molecule has 1 aliphatic carbocycles. The summed E-state index contributed by atoms with van der Waals surface area (Å²) in [6.07, 6.45) is 1.02. The number of carbonyl (C=O) groups is 1. The minimum Gasteiger partial charge on any atom is -0.444 e. The summed E-state index contributed by atoms with van der Waals surface area (Å²) in [6.45, 7) is 32.6. The standard InChI is InChI=1S/C17H33NO3.C11H21NO.CH4/c1-14(2,3)17(15(4,5)6)12-18(10-11-20-17)13(19)21-16(7,8)9;1-9(2)7-10(3,4)11(9)8-12-5-6-13-11;/h10-12H2,1-9H3;12H,5-8H2,1-4H3;1H4. The van der Waals surface area contributed by atoms with E-state index in [2.05, 4.69) is 74.6 Å². The molecule has 3 rings (SSSR count). The summed E-state index contributed by atoms with van der Waals surface area (Å²) in [4.78, 5) is 14.2. The lowest BCUT2D eigenvalue weighted by Gasteiger charge is -2.68. The molecule has 0 aromatic rings. The molecule has 0 unspecified atom stereocenters. The Hall–Kier alpha value is -0.850. The van der Waals surface area contributed by atoms with Crippen LogP contribution in [0.2, 0.25) is 0 Å². The fourth-order valence-electron chi connectivity index (χ4n) is 6.92. The molecule has 0 aromatic heterocycles. The average molecular weight is 499 g/mol. The van der Waals surface area contributed by atoms with E-state index in [-0.39, 0.29) is 30.0 Å². The van der Waals surface area contributed by atoms with Gasteiger partial charge in [0.25, 0.3) is 0 Å². The molecular weight excluding hydrogens is 440 g/mol. The number of ether oxygens (including phenoxy) is 3. The summed E-state index contributed by atoms with van der Waals surface area (Å²) in [5.41, 5.74) is -0.263. The zero-order valence-corrected chi connectivity index (χ0v) is 24.5. The van der Waals surface area contributed by atoms with Gasteiger partial charge in [-0.25, -0.2) is 4.79 Å². The molecule has 0 aromatic carbocycles. The number of rotatable bonds is 0. The molecule has 2 heterocycles. The van der Waals surface area contributed by atoms with E-state index in [1.165, 1.54) is 6.42 Å². The van der Waals surface area contributed by atoms with Gasteiger partial charge in [-0.05, 0) is 48.9 Å². The molecule has 2 aliphatic heterocycles. The summed E-state index contributed by atoms with van der Waals surface area (Å²) < 4.78 is 17.9. The minimum absolute atomic E-state index is 0. The van der Waals surface area contributed by atoms with Gasteiger partial charge in [-0.3, -0.25) is 0 Å². The lowest BCUT2D eigenvalue weighted by Crippen LogP contribution is -2.74. The highest BCUT2D eigenvalue weighted by Crippen LogP contribution is 2.63. The van der Waals surface area contributed by atoms with Gasteiger partial charge in [-0.2, -0.15) is 0 Å². The van der Waals surface area contributed by atoms with Crippen molar-refractivity contribution in [2.75, 3.05) is 39.4 Å². The van der Waals surface area contributed by atoms with E-state index >= 15 is 0 Å². The molecule has 0 radical (unpaired) electrons. The normalized spacial score (nSPS) is 24.9. The fourth-order valence-corrected chi connectivity index (χ4v) is 6.92. The number of carbonyl (C=O) groups excluding carboxylic acids is 1. The van der Waals surface area contributed by atoms with Crippen molar-refractivity contribution in [1.29, 1.82) is 0 Å². The van der Waals surface area contributed by atoms with Crippen LogP contribution >= 0.6 is 0 Å². The van der Waals surface area contributed by atoms with E-state index in [1.54, 1.807) is 4.90 Å². The molecule has 3 aliphatic rings. The van der Waals surface area contributed by atoms with Crippen molar-refractivity contribution in [2.24, 2.45) is 21.7 Å². The molecular formula is C29H58N2O4. The van der Waals surface area contributed by atoms with Crippen LogP contribution in [-0.4, -0.2) is 67.2 Å². The Morgan fingerprint density at radius 2 is 1.37 bits per heavy atom. The van der Waals surface area contributed by atoms with Gasteiger partial charge in [0, 0.05) is 19.6 Å². The van der Waals surface area contributed by atoms with Crippen molar-refractivity contribution < 1.29 is 19.0 Å². The third-order valence-electron chi connectivity index (χ3n) is 8.27. The monoisotopic (exact) mass is 498 g/mol. The van der Waals surface area contributed by atoms with Crippen molar-refractivity contribution >= 4 is 6.09 Å². The van der Waals surface area contributed by atoms with Crippen LogP contribution in [0.5, 0.6) is 0 Å². The van der Waals surface area contributed by atoms with E-state index in [0.29, 0.717) is 30.5 Å². The second-order valence-electron chi connectivity index (χ2n) is 14.9. The summed E-state index contributed by atoms with van der Waals surface area (Å²) in [6, 6.07) is 0. The SMILES string of the molecule is C.CC(C)(C)OC(=O)N1CCOC(C(C)(C)C)(C(C)(C)C)C1.CC1(C)CC(C)(C)C12CNCCO2. The molecule has 2 saturated heterocycles. The van der Waals surface area contributed by atoms with Crippen molar-refractivity contribution in [3.63, 3.8) is 0 Å². The van der Waals surface area contributed by atoms with Crippen LogP contribution in [0.3, 0.4) is 0 Å². The van der Waals surface area contributed by atoms with Gasteiger partial charge in [0.05, 0.1) is 31.0 Å². The first-order chi connectivity index (χ1) is 15.1. The van der Waals surface area contributed by atoms with Crippen LogP contribution in [0.25, 0.3) is 0 Å². The number of amides is 1. The summed E-state index contributed by atoms with van der Waals surface area (Å²) in [5.74, 6) is 0. The Labute approximate surface area is 217 Å². The van der Waals surface area contributed by atoms with Crippen LogP contribution in [0.1, 0.15) is 104 Å².